The molecule has 0 bridgehead atoms. The van der Waals surface area contributed by atoms with Gasteiger partial charge < -0.3 is 20.5 Å². The van der Waals surface area contributed by atoms with Crippen LogP contribution in [0, 0.1) is 0 Å². The van der Waals surface area contributed by atoms with Crippen molar-refractivity contribution in [2.45, 2.75) is 12.6 Å². The van der Waals surface area contributed by atoms with Crippen LogP contribution in [0.4, 0.5) is 5.69 Å². The molecule has 1 unspecified atom stereocenters. The molecule has 0 radical (unpaired) electrons. The molecular formula is C19H17N3O4S. The molecule has 138 valence electrons. The summed E-state index contributed by atoms with van der Waals surface area (Å²) in [6, 6.07) is 14.7. The fourth-order valence-electron chi connectivity index (χ4n) is 2.89. The lowest BCUT2D eigenvalue weighted by Gasteiger charge is -2.27. The van der Waals surface area contributed by atoms with Crippen molar-refractivity contribution < 1.29 is 14.6 Å². The Morgan fingerprint density at radius 3 is 2.56 bits per heavy atom. The maximum atomic E-state index is 12.1. The third-order valence-corrected chi connectivity index (χ3v) is 5.08. The molecule has 2 aromatic carbocycles. The molecule has 1 aliphatic rings. The first-order chi connectivity index (χ1) is 13.1. The standard InChI is InChI=1S/C19H17N3O4S/c23-17-13-3-1-2-4-14(13)20-16(21-17)10-26-12-7-5-11(6-8-12)9-15-18(24)22-19(25)27-15/h1-8,16,20,24H,9-10H2,(H,21,23)(H,22,25). The van der Waals surface area contributed by atoms with Gasteiger partial charge in [0.05, 0.1) is 10.4 Å². The predicted molar refractivity (Wildman–Crippen MR) is 103 cm³/mol. The van der Waals surface area contributed by atoms with Gasteiger partial charge in [-0.2, -0.15) is 0 Å². The summed E-state index contributed by atoms with van der Waals surface area (Å²) in [5, 5.41) is 15.8. The van der Waals surface area contributed by atoms with Crippen LogP contribution in [0.2, 0.25) is 0 Å². The summed E-state index contributed by atoms with van der Waals surface area (Å²) in [5.41, 5.74) is 2.36. The summed E-state index contributed by atoms with van der Waals surface area (Å²) >= 11 is 0.996. The normalized spacial score (nSPS) is 15.6. The zero-order valence-corrected chi connectivity index (χ0v) is 15.0. The number of amides is 1. The number of benzene rings is 2. The second-order valence-corrected chi connectivity index (χ2v) is 7.20. The first kappa shape index (κ1) is 17.2. The molecule has 0 fully saturated rings. The summed E-state index contributed by atoms with van der Waals surface area (Å²) < 4.78 is 5.76. The Morgan fingerprint density at radius 1 is 1.04 bits per heavy atom. The number of fused-ring (bicyclic) bond motifs is 1. The molecule has 4 N–H and O–H groups in total. The van der Waals surface area contributed by atoms with E-state index in [1.54, 1.807) is 6.07 Å². The third-order valence-electron chi connectivity index (χ3n) is 4.21. The number of hydrogen-bond donors (Lipinski definition) is 4. The van der Waals surface area contributed by atoms with Gasteiger partial charge in [0.2, 0.25) is 5.88 Å². The number of ether oxygens (including phenoxy) is 1. The number of hydrogen-bond acceptors (Lipinski definition) is 6. The van der Waals surface area contributed by atoms with Crippen LogP contribution in [0.15, 0.2) is 53.3 Å². The lowest BCUT2D eigenvalue weighted by atomic mass is 10.1. The van der Waals surface area contributed by atoms with E-state index in [2.05, 4.69) is 15.6 Å². The highest BCUT2D eigenvalue weighted by atomic mass is 32.1. The van der Waals surface area contributed by atoms with Gasteiger partial charge in [0.25, 0.3) is 5.91 Å². The van der Waals surface area contributed by atoms with Gasteiger partial charge in [-0.1, -0.05) is 35.6 Å². The summed E-state index contributed by atoms with van der Waals surface area (Å²) in [4.78, 5) is 26.0. The summed E-state index contributed by atoms with van der Waals surface area (Å²) in [6.07, 6.45) is 0.146. The van der Waals surface area contributed by atoms with E-state index in [4.69, 9.17) is 4.74 Å². The molecule has 3 aromatic rings. The van der Waals surface area contributed by atoms with Crippen LogP contribution in [0.1, 0.15) is 20.8 Å². The largest absolute Gasteiger partial charge is 0.494 e. The predicted octanol–water partition coefficient (Wildman–Crippen LogP) is 2.29. The molecule has 2 heterocycles. The quantitative estimate of drug-likeness (QED) is 0.541. The van der Waals surface area contributed by atoms with E-state index in [0.29, 0.717) is 22.6 Å². The van der Waals surface area contributed by atoms with Gasteiger partial charge in [0, 0.05) is 12.1 Å². The first-order valence-electron chi connectivity index (χ1n) is 8.37. The smallest absolute Gasteiger partial charge is 0.307 e. The van der Waals surface area contributed by atoms with Gasteiger partial charge in [0.1, 0.15) is 18.5 Å². The van der Waals surface area contributed by atoms with Crippen molar-refractivity contribution in [1.29, 1.82) is 0 Å². The van der Waals surface area contributed by atoms with Crippen LogP contribution < -0.4 is 20.2 Å². The third kappa shape index (κ3) is 3.80. The highest BCUT2D eigenvalue weighted by Gasteiger charge is 2.23. The van der Waals surface area contributed by atoms with Crippen molar-refractivity contribution >= 4 is 22.9 Å². The van der Waals surface area contributed by atoms with Crippen molar-refractivity contribution in [3.05, 3.63) is 74.2 Å². The van der Waals surface area contributed by atoms with Crippen molar-refractivity contribution in [3.8, 4) is 11.6 Å². The Bertz CT molecular complexity index is 1030. The molecule has 0 saturated heterocycles. The minimum atomic E-state index is -0.318. The molecule has 4 rings (SSSR count). The van der Waals surface area contributed by atoms with Gasteiger partial charge in [0.15, 0.2) is 0 Å². The first-order valence-corrected chi connectivity index (χ1v) is 9.19. The van der Waals surface area contributed by atoms with Crippen molar-refractivity contribution in [2.75, 3.05) is 11.9 Å². The molecule has 8 heteroatoms. The number of carbonyl (C=O) groups excluding carboxylic acids is 1. The van der Waals surface area contributed by atoms with E-state index in [9.17, 15) is 14.7 Å². The second-order valence-electron chi connectivity index (χ2n) is 6.13. The van der Waals surface area contributed by atoms with E-state index >= 15 is 0 Å². The number of para-hydroxylation sites is 1. The molecule has 1 aliphatic heterocycles. The number of aromatic amines is 1. The summed E-state index contributed by atoms with van der Waals surface area (Å²) in [5.74, 6) is 0.462. The Labute approximate surface area is 158 Å². The van der Waals surface area contributed by atoms with Gasteiger partial charge >= 0.3 is 4.87 Å². The molecule has 1 amide bonds. The van der Waals surface area contributed by atoms with Crippen molar-refractivity contribution in [2.24, 2.45) is 0 Å². The number of aromatic hydroxyl groups is 1. The van der Waals surface area contributed by atoms with Crippen LogP contribution in [0.3, 0.4) is 0 Å². The van der Waals surface area contributed by atoms with Crippen molar-refractivity contribution in [3.63, 3.8) is 0 Å². The lowest BCUT2D eigenvalue weighted by Crippen LogP contribution is -2.48. The average Bonchev–Trinajstić information content (AvgIpc) is 2.98. The molecule has 0 spiro atoms. The number of H-pyrrole nitrogens is 1. The molecule has 7 nitrogen and oxygen atoms in total. The molecule has 27 heavy (non-hydrogen) atoms. The van der Waals surface area contributed by atoms with Crippen LogP contribution in [0.5, 0.6) is 11.6 Å². The van der Waals surface area contributed by atoms with Crippen LogP contribution >= 0.6 is 11.3 Å². The number of thiazole rings is 1. The highest BCUT2D eigenvalue weighted by Crippen LogP contribution is 2.23. The van der Waals surface area contributed by atoms with Gasteiger partial charge in [-0.15, -0.1) is 0 Å². The topological polar surface area (TPSA) is 103 Å². The van der Waals surface area contributed by atoms with E-state index in [0.717, 1.165) is 22.6 Å². The number of anilines is 1. The van der Waals surface area contributed by atoms with E-state index in [1.165, 1.54) is 0 Å². The van der Waals surface area contributed by atoms with E-state index in [1.807, 2.05) is 42.5 Å². The average molecular weight is 383 g/mol. The van der Waals surface area contributed by atoms with Crippen LogP contribution in [0.25, 0.3) is 0 Å². The number of aromatic nitrogens is 1. The summed E-state index contributed by atoms with van der Waals surface area (Å²) in [7, 11) is 0. The highest BCUT2D eigenvalue weighted by molar-refractivity contribution is 7.09. The molecule has 1 aromatic heterocycles. The maximum absolute atomic E-state index is 12.1. The van der Waals surface area contributed by atoms with Gasteiger partial charge in [-0.25, -0.2) is 0 Å². The Morgan fingerprint density at radius 2 is 1.81 bits per heavy atom. The van der Waals surface area contributed by atoms with Crippen LogP contribution in [-0.2, 0) is 6.42 Å². The second kappa shape index (κ2) is 7.16. The Kier molecular flexibility index (Phi) is 4.55. The minimum absolute atomic E-state index is 0.0790. The zero-order valence-electron chi connectivity index (χ0n) is 14.2. The number of nitrogens with one attached hydrogen (secondary N) is 3. The van der Waals surface area contributed by atoms with Crippen LogP contribution in [-0.4, -0.2) is 28.8 Å². The zero-order chi connectivity index (χ0) is 18.8. The lowest BCUT2D eigenvalue weighted by molar-refractivity contribution is 0.0921. The SMILES string of the molecule is O=C1NC(COc2ccc(Cc3sc(=O)[nH]c3O)cc2)Nc2ccccc21. The van der Waals surface area contributed by atoms with Crippen molar-refractivity contribution in [1.82, 2.24) is 10.3 Å². The molecule has 1 atom stereocenters. The Balaban J connectivity index is 1.36. The number of rotatable bonds is 5. The van der Waals surface area contributed by atoms with E-state index in [-0.39, 0.29) is 29.4 Å². The number of carbonyl (C=O) groups is 1. The fraction of sp³-hybridized carbons (Fsp3) is 0.158. The molecule has 0 saturated carbocycles. The molecule has 0 aliphatic carbocycles. The monoisotopic (exact) mass is 383 g/mol. The minimum Gasteiger partial charge on any atom is -0.494 e. The summed E-state index contributed by atoms with van der Waals surface area (Å²) in [6.45, 7) is 0.277. The van der Waals surface area contributed by atoms with Gasteiger partial charge in [-0.05, 0) is 29.8 Å². The maximum Gasteiger partial charge on any atom is 0.307 e. The fourth-order valence-corrected chi connectivity index (χ4v) is 3.65. The Hall–Kier alpha value is -3.26. The van der Waals surface area contributed by atoms with E-state index < -0.39 is 0 Å². The van der Waals surface area contributed by atoms with Gasteiger partial charge in [-0.3, -0.25) is 14.6 Å². The molecular weight excluding hydrogens is 366 g/mol.